The first-order valence-electron chi connectivity index (χ1n) is 6.54. The fourth-order valence-corrected chi connectivity index (χ4v) is 2.26. The molecule has 2 nitrogen and oxygen atoms in total. The molecule has 1 N–H and O–H groups in total. The Hall–Kier alpha value is -2.35. The minimum Gasteiger partial charge on any atom is -0.362 e. The Morgan fingerprint density at radius 1 is 0.947 bits per heavy atom. The van der Waals surface area contributed by atoms with E-state index in [1.54, 1.807) is 0 Å². The lowest BCUT2D eigenvalue weighted by Gasteiger charge is -2.14. The van der Waals surface area contributed by atoms with Gasteiger partial charge in [0, 0.05) is 24.0 Å². The molecule has 94 valence electrons. The van der Waals surface area contributed by atoms with E-state index in [0.717, 1.165) is 24.4 Å². The maximum atomic E-state index is 4.59. The lowest BCUT2D eigenvalue weighted by atomic mass is 9.98. The number of hydrogen-bond acceptors (Lipinski definition) is 2. The highest BCUT2D eigenvalue weighted by molar-refractivity contribution is 6.10. The highest BCUT2D eigenvalue weighted by Gasteiger charge is 2.10. The van der Waals surface area contributed by atoms with Crippen molar-refractivity contribution in [3.05, 3.63) is 78.0 Å². The van der Waals surface area contributed by atoms with E-state index < -0.39 is 0 Å². The summed E-state index contributed by atoms with van der Waals surface area (Å²) in [6.45, 7) is 0.877. The van der Waals surface area contributed by atoms with E-state index in [9.17, 15) is 0 Å². The van der Waals surface area contributed by atoms with E-state index in [1.807, 2.05) is 42.6 Å². The summed E-state index contributed by atoms with van der Waals surface area (Å²) in [6, 6.07) is 18.6. The molecule has 0 radical (unpaired) electrons. The number of aliphatic imine (C=N–C) groups is 1. The maximum Gasteiger partial charge on any atom is 0.0663 e. The van der Waals surface area contributed by atoms with Crippen molar-refractivity contribution in [2.75, 3.05) is 11.9 Å². The van der Waals surface area contributed by atoms with Gasteiger partial charge in [-0.25, -0.2) is 0 Å². The number of hydrogen-bond donors (Lipinski definition) is 1. The normalized spacial score (nSPS) is 14.0. The molecule has 0 spiro atoms. The fraction of sp³-hybridized carbons (Fsp3) is 0.118. The number of rotatable bonds is 3. The van der Waals surface area contributed by atoms with Gasteiger partial charge in [-0.05, 0) is 30.2 Å². The van der Waals surface area contributed by atoms with E-state index in [4.69, 9.17) is 0 Å². The summed E-state index contributed by atoms with van der Waals surface area (Å²) >= 11 is 0. The van der Waals surface area contributed by atoms with Crippen LogP contribution in [0.5, 0.6) is 0 Å². The summed E-state index contributed by atoms with van der Waals surface area (Å²) in [7, 11) is 0. The standard InChI is InChI=1S/C17H16N2/c1-2-7-15(8-3-1)18-13-11-17-16-9-5-4-6-14(16)10-12-19-17/h1-9,11,13,18H,10,12H2/b13-11+. The lowest BCUT2D eigenvalue weighted by Crippen LogP contribution is -2.10. The van der Waals surface area contributed by atoms with Crippen LogP contribution in [-0.2, 0) is 6.42 Å². The highest BCUT2D eigenvalue weighted by atomic mass is 14.8. The number of para-hydroxylation sites is 1. The predicted octanol–water partition coefficient (Wildman–Crippen LogP) is 3.66. The van der Waals surface area contributed by atoms with Gasteiger partial charge in [-0.1, -0.05) is 42.5 Å². The average molecular weight is 248 g/mol. The number of allylic oxidation sites excluding steroid dienone is 1. The van der Waals surface area contributed by atoms with Gasteiger partial charge in [0.25, 0.3) is 0 Å². The van der Waals surface area contributed by atoms with Gasteiger partial charge in [0.15, 0.2) is 0 Å². The predicted molar refractivity (Wildman–Crippen MR) is 80.8 cm³/mol. The summed E-state index contributed by atoms with van der Waals surface area (Å²) in [4.78, 5) is 4.59. The van der Waals surface area contributed by atoms with Crippen LogP contribution in [0.3, 0.4) is 0 Å². The first-order valence-corrected chi connectivity index (χ1v) is 6.54. The van der Waals surface area contributed by atoms with Crippen molar-refractivity contribution in [2.45, 2.75) is 6.42 Å². The average Bonchev–Trinajstić information content (AvgIpc) is 2.49. The van der Waals surface area contributed by atoms with Gasteiger partial charge < -0.3 is 5.32 Å². The molecular formula is C17H16N2. The van der Waals surface area contributed by atoms with Crippen molar-refractivity contribution in [3.8, 4) is 0 Å². The Bertz CT molecular complexity index is 612. The molecule has 3 rings (SSSR count). The van der Waals surface area contributed by atoms with Crippen LogP contribution >= 0.6 is 0 Å². The van der Waals surface area contributed by atoms with Gasteiger partial charge in [-0.15, -0.1) is 0 Å². The Balaban J connectivity index is 1.75. The molecule has 2 heteroatoms. The van der Waals surface area contributed by atoms with Gasteiger partial charge >= 0.3 is 0 Å². The second-order valence-electron chi connectivity index (χ2n) is 4.52. The molecule has 19 heavy (non-hydrogen) atoms. The SMILES string of the molecule is C(=C\C1=NCCc2ccccc21)/Nc1ccccc1. The highest BCUT2D eigenvalue weighted by Crippen LogP contribution is 2.16. The third-order valence-corrected chi connectivity index (χ3v) is 3.22. The van der Waals surface area contributed by atoms with Gasteiger partial charge in [0.1, 0.15) is 0 Å². The molecule has 0 amide bonds. The van der Waals surface area contributed by atoms with Crippen LogP contribution in [0.4, 0.5) is 5.69 Å². The summed E-state index contributed by atoms with van der Waals surface area (Å²) in [5.74, 6) is 0. The van der Waals surface area contributed by atoms with Crippen LogP contribution in [-0.4, -0.2) is 12.3 Å². The smallest absolute Gasteiger partial charge is 0.0663 e. The van der Waals surface area contributed by atoms with Gasteiger partial charge in [-0.3, -0.25) is 4.99 Å². The Morgan fingerprint density at radius 2 is 1.74 bits per heavy atom. The summed E-state index contributed by atoms with van der Waals surface area (Å²) < 4.78 is 0. The fourth-order valence-electron chi connectivity index (χ4n) is 2.26. The molecule has 0 aliphatic carbocycles. The van der Waals surface area contributed by atoms with Crippen molar-refractivity contribution in [2.24, 2.45) is 4.99 Å². The zero-order valence-electron chi connectivity index (χ0n) is 10.7. The lowest BCUT2D eigenvalue weighted by molar-refractivity contribution is 0.946. The molecule has 0 unspecified atom stereocenters. The van der Waals surface area contributed by atoms with E-state index in [1.165, 1.54) is 11.1 Å². The summed E-state index contributed by atoms with van der Waals surface area (Å²) in [6.07, 6.45) is 5.04. The minimum atomic E-state index is 0.877. The van der Waals surface area contributed by atoms with E-state index >= 15 is 0 Å². The molecule has 0 aromatic heterocycles. The van der Waals surface area contributed by atoms with Gasteiger partial charge in [-0.2, -0.15) is 0 Å². The van der Waals surface area contributed by atoms with Crippen LogP contribution in [0.25, 0.3) is 0 Å². The Labute approximate surface area is 113 Å². The molecule has 2 aromatic rings. The molecule has 0 fully saturated rings. The summed E-state index contributed by atoms with van der Waals surface area (Å²) in [5.41, 5.74) is 4.78. The molecule has 1 heterocycles. The quantitative estimate of drug-likeness (QED) is 0.880. The number of anilines is 1. The first kappa shape index (κ1) is 11.7. The molecule has 0 saturated carbocycles. The third-order valence-electron chi connectivity index (χ3n) is 3.22. The van der Waals surface area contributed by atoms with E-state index in [0.29, 0.717) is 0 Å². The van der Waals surface area contributed by atoms with Gasteiger partial charge in [0.05, 0.1) is 5.71 Å². The van der Waals surface area contributed by atoms with Crippen molar-refractivity contribution >= 4 is 11.4 Å². The first-order chi connectivity index (χ1) is 9.43. The molecule has 0 bridgehead atoms. The van der Waals surface area contributed by atoms with Crippen LogP contribution in [0.15, 0.2) is 71.9 Å². The Morgan fingerprint density at radius 3 is 2.63 bits per heavy atom. The van der Waals surface area contributed by atoms with E-state index in [2.05, 4.69) is 34.6 Å². The van der Waals surface area contributed by atoms with Crippen LogP contribution in [0.2, 0.25) is 0 Å². The number of fused-ring (bicyclic) bond motifs is 1. The Kier molecular flexibility index (Phi) is 3.41. The van der Waals surface area contributed by atoms with Crippen molar-refractivity contribution in [1.29, 1.82) is 0 Å². The zero-order valence-corrected chi connectivity index (χ0v) is 10.7. The molecule has 0 atom stereocenters. The molecule has 1 aliphatic heterocycles. The van der Waals surface area contributed by atoms with Crippen LogP contribution in [0, 0.1) is 0 Å². The topological polar surface area (TPSA) is 24.4 Å². The molecule has 1 aliphatic rings. The van der Waals surface area contributed by atoms with Crippen LogP contribution in [0.1, 0.15) is 11.1 Å². The van der Waals surface area contributed by atoms with Crippen molar-refractivity contribution in [1.82, 2.24) is 0 Å². The number of nitrogens with zero attached hydrogens (tertiary/aromatic N) is 1. The maximum absolute atomic E-state index is 4.59. The van der Waals surface area contributed by atoms with Gasteiger partial charge in [0.2, 0.25) is 0 Å². The van der Waals surface area contributed by atoms with Crippen LogP contribution < -0.4 is 5.32 Å². The zero-order chi connectivity index (χ0) is 12.9. The monoisotopic (exact) mass is 248 g/mol. The molecule has 2 aromatic carbocycles. The van der Waals surface area contributed by atoms with Crippen molar-refractivity contribution in [3.63, 3.8) is 0 Å². The molecular weight excluding hydrogens is 232 g/mol. The number of nitrogens with one attached hydrogen (secondary N) is 1. The number of benzene rings is 2. The third kappa shape index (κ3) is 2.74. The summed E-state index contributed by atoms with van der Waals surface area (Å²) in [5, 5.41) is 3.26. The van der Waals surface area contributed by atoms with E-state index in [-0.39, 0.29) is 0 Å². The molecule has 0 saturated heterocycles. The second kappa shape index (κ2) is 5.53. The second-order valence-corrected chi connectivity index (χ2v) is 4.52. The van der Waals surface area contributed by atoms with Crippen molar-refractivity contribution < 1.29 is 0 Å². The minimum absolute atomic E-state index is 0.877. The largest absolute Gasteiger partial charge is 0.362 e.